The first-order valence-corrected chi connectivity index (χ1v) is 9.54. The molecule has 0 saturated heterocycles. The van der Waals surface area contributed by atoms with Gasteiger partial charge in [-0.2, -0.15) is 0 Å². The maximum absolute atomic E-state index is 12.4. The number of esters is 1. The van der Waals surface area contributed by atoms with Gasteiger partial charge in [-0.15, -0.1) is 0 Å². The Morgan fingerprint density at radius 2 is 2.08 bits per heavy atom. The van der Waals surface area contributed by atoms with Gasteiger partial charge < -0.3 is 10.1 Å². The second-order valence-electron chi connectivity index (χ2n) is 6.64. The van der Waals surface area contributed by atoms with Crippen LogP contribution in [0.5, 0.6) is 0 Å². The van der Waals surface area contributed by atoms with Crippen LogP contribution in [0.4, 0.5) is 5.69 Å². The Morgan fingerprint density at radius 3 is 2.85 bits per heavy atom. The summed E-state index contributed by atoms with van der Waals surface area (Å²) in [6.45, 7) is 2.17. The average Bonchev–Trinajstić information content (AvgIpc) is 3.13. The molecule has 5 heteroatoms. The van der Waals surface area contributed by atoms with Crippen LogP contribution in [0, 0.1) is 5.92 Å². The number of nitrogens with one attached hydrogen (secondary N) is 1. The molecule has 26 heavy (non-hydrogen) atoms. The molecule has 1 aliphatic carbocycles. The number of rotatable bonds is 3. The van der Waals surface area contributed by atoms with Crippen LogP contribution in [0.25, 0.3) is 0 Å². The highest BCUT2D eigenvalue weighted by Crippen LogP contribution is 2.51. The van der Waals surface area contributed by atoms with Crippen molar-refractivity contribution >= 4 is 34.9 Å². The molecular weight excluding hydrogens is 369 g/mol. The Morgan fingerprint density at radius 1 is 1.23 bits per heavy atom. The fraction of sp³-hybridized carbons (Fsp3) is 0.286. The second kappa shape index (κ2) is 6.98. The summed E-state index contributed by atoms with van der Waals surface area (Å²) >= 11 is 12.3. The van der Waals surface area contributed by atoms with Crippen LogP contribution in [-0.4, -0.2) is 12.6 Å². The fourth-order valence-corrected chi connectivity index (χ4v) is 4.34. The van der Waals surface area contributed by atoms with E-state index < -0.39 is 0 Å². The van der Waals surface area contributed by atoms with Crippen molar-refractivity contribution in [2.45, 2.75) is 25.3 Å². The molecule has 2 aromatic rings. The SMILES string of the molecule is CCOC(=O)c1cccc2c1N[C@H](c1ccc(Cl)c(Cl)c1)[C@@H]1CC=C[C@H]21. The third-order valence-electron chi connectivity index (χ3n) is 5.19. The zero-order chi connectivity index (χ0) is 18.3. The van der Waals surface area contributed by atoms with Gasteiger partial charge >= 0.3 is 5.97 Å². The maximum atomic E-state index is 12.4. The first-order valence-electron chi connectivity index (χ1n) is 8.78. The number of halogens is 2. The van der Waals surface area contributed by atoms with E-state index in [0.717, 1.165) is 23.2 Å². The van der Waals surface area contributed by atoms with Crippen LogP contribution >= 0.6 is 23.2 Å². The second-order valence-corrected chi connectivity index (χ2v) is 7.45. The van der Waals surface area contributed by atoms with Gasteiger partial charge in [-0.1, -0.05) is 53.6 Å². The summed E-state index contributed by atoms with van der Waals surface area (Å²) in [5.74, 6) is 0.336. The summed E-state index contributed by atoms with van der Waals surface area (Å²) < 4.78 is 5.25. The topological polar surface area (TPSA) is 38.3 Å². The Bertz CT molecular complexity index is 894. The first-order chi connectivity index (χ1) is 12.6. The monoisotopic (exact) mass is 387 g/mol. The molecule has 0 amide bonds. The number of para-hydroxylation sites is 1. The highest BCUT2D eigenvalue weighted by molar-refractivity contribution is 6.42. The number of allylic oxidation sites excluding steroid dienone is 2. The van der Waals surface area contributed by atoms with E-state index in [9.17, 15) is 4.79 Å². The molecule has 3 atom stereocenters. The number of carbonyl (C=O) groups is 1. The fourth-order valence-electron chi connectivity index (χ4n) is 4.04. The smallest absolute Gasteiger partial charge is 0.340 e. The lowest BCUT2D eigenvalue weighted by Gasteiger charge is -2.38. The summed E-state index contributed by atoms with van der Waals surface area (Å²) in [5.41, 5.74) is 3.65. The van der Waals surface area contributed by atoms with Crippen molar-refractivity contribution in [2.75, 3.05) is 11.9 Å². The lowest BCUT2D eigenvalue weighted by molar-refractivity contribution is 0.0527. The number of anilines is 1. The van der Waals surface area contributed by atoms with Gasteiger partial charge in [-0.05, 0) is 48.6 Å². The summed E-state index contributed by atoms with van der Waals surface area (Å²) in [7, 11) is 0. The number of hydrogen-bond acceptors (Lipinski definition) is 3. The maximum Gasteiger partial charge on any atom is 0.340 e. The lowest BCUT2D eigenvalue weighted by Crippen LogP contribution is -2.30. The van der Waals surface area contributed by atoms with E-state index in [0.29, 0.717) is 28.1 Å². The minimum Gasteiger partial charge on any atom is -0.462 e. The third kappa shape index (κ3) is 2.89. The first kappa shape index (κ1) is 17.4. The molecule has 1 aliphatic heterocycles. The van der Waals surface area contributed by atoms with Crippen molar-refractivity contribution < 1.29 is 9.53 Å². The van der Waals surface area contributed by atoms with Gasteiger partial charge in [0.15, 0.2) is 0 Å². The summed E-state index contributed by atoms with van der Waals surface area (Å²) in [6, 6.07) is 11.6. The van der Waals surface area contributed by atoms with E-state index in [1.54, 1.807) is 0 Å². The molecule has 0 bridgehead atoms. The number of hydrogen-bond donors (Lipinski definition) is 1. The standard InChI is InChI=1S/C21H19Cl2NO2/c1-2-26-21(25)16-8-4-7-15-13-5-3-6-14(13)19(24-20(15)16)12-9-10-17(22)18(23)11-12/h3-5,7-11,13-14,19,24H,2,6H2,1H3/t13-,14+,19+/m0/s1. The largest absolute Gasteiger partial charge is 0.462 e. The zero-order valence-corrected chi connectivity index (χ0v) is 15.8. The van der Waals surface area contributed by atoms with E-state index in [1.165, 1.54) is 0 Å². The normalized spacial score (nSPS) is 23.1. The molecular formula is C21H19Cl2NO2. The Balaban J connectivity index is 1.80. The predicted molar refractivity (Wildman–Crippen MR) is 105 cm³/mol. The van der Waals surface area contributed by atoms with Crippen LogP contribution in [0.1, 0.15) is 46.8 Å². The van der Waals surface area contributed by atoms with E-state index >= 15 is 0 Å². The van der Waals surface area contributed by atoms with Crippen LogP contribution in [0.3, 0.4) is 0 Å². The van der Waals surface area contributed by atoms with Crippen molar-refractivity contribution in [1.29, 1.82) is 0 Å². The van der Waals surface area contributed by atoms with Crippen molar-refractivity contribution in [3.63, 3.8) is 0 Å². The molecule has 0 saturated carbocycles. The Kier molecular flexibility index (Phi) is 4.68. The molecule has 2 aliphatic rings. The highest BCUT2D eigenvalue weighted by atomic mass is 35.5. The van der Waals surface area contributed by atoms with E-state index in [2.05, 4.69) is 23.5 Å². The minimum atomic E-state index is -0.301. The quantitative estimate of drug-likeness (QED) is 0.518. The van der Waals surface area contributed by atoms with Gasteiger partial charge in [0.05, 0.1) is 33.9 Å². The van der Waals surface area contributed by atoms with Gasteiger partial charge in [0.25, 0.3) is 0 Å². The van der Waals surface area contributed by atoms with Gasteiger partial charge in [-0.25, -0.2) is 4.79 Å². The summed E-state index contributed by atoms with van der Waals surface area (Å²) in [4.78, 5) is 12.4. The van der Waals surface area contributed by atoms with Gasteiger partial charge in [0.2, 0.25) is 0 Å². The molecule has 0 aromatic heterocycles. The molecule has 134 valence electrons. The van der Waals surface area contributed by atoms with Gasteiger partial charge in [-0.3, -0.25) is 0 Å². The van der Waals surface area contributed by atoms with Gasteiger partial charge in [0.1, 0.15) is 0 Å². The molecule has 4 rings (SSSR count). The third-order valence-corrected chi connectivity index (χ3v) is 5.93. The van der Waals surface area contributed by atoms with Crippen LogP contribution < -0.4 is 5.32 Å². The van der Waals surface area contributed by atoms with Crippen LogP contribution in [0.2, 0.25) is 10.0 Å². The van der Waals surface area contributed by atoms with Crippen molar-refractivity contribution in [2.24, 2.45) is 5.92 Å². The molecule has 1 N–H and O–H groups in total. The number of fused-ring (bicyclic) bond motifs is 3. The van der Waals surface area contributed by atoms with Crippen molar-refractivity contribution in [1.82, 2.24) is 0 Å². The average molecular weight is 388 g/mol. The highest BCUT2D eigenvalue weighted by Gasteiger charge is 2.39. The zero-order valence-electron chi connectivity index (χ0n) is 14.3. The molecule has 1 heterocycles. The molecule has 2 aromatic carbocycles. The van der Waals surface area contributed by atoms with Crippen LogP contribution in [0.15, 0.2) is 48.6 Å². The molecule has 0 unspecified atom stereocenters. The van der Waals surface area contributed by atoms with Crippen molar-refractivity contribution in [3.05, 3.63) is 75.3 Å². The molecule has 3 nitrogen and oxygen atoms in total. The molecule has 0 fully saturated rings. The lowest BCUT2D eigenvalue weighted by atomic mass is 9.76. The van der Waals surface area contributed by atoms with E-state index in [-0.39, 0.29) is 17.9 Å². The molecule has 0 spiro atoms. The predicted octanol–water partition coefficient (Wildman–Crippen LogP) is 6.00. The van der Waals surface area contributed by atoms with Crippen LogP contribution in [-0.2, 0) is 4.74 Å². The van der Waals surface area contributed by atoms with E-state index in [1.807, 2.05) is 37.3 Å². The number of ether oxygens (including phenoxy) is 1. The minimum absolute atomic E-state index is 0.0489. The summed E-state index contributed by atoms with van der Waals surface area (Å²) in [6.07, 6.45) is 5.43. The summed E-state index contributed by atoms with van der Waals surface area (Å²) in [5, 5.41) is 4.68. The Labute approximate surface area is 163 Å². The van der Waals surface area contributed by atoms with Crippen molar-refractivity contribution in [3.8, 4) is 0 Å². The Hall–Kier alpha value is -1.97. The van der Waals surface area contributed by atoms with E-state index in [4.69, 9.17) is 27.9 Å². The molecule has 0 radical (unpaired) electrons. The number of benzene rings is 2. The van der Waals surface area contributed by atoms with Gasteiger partial charge in [0, 0.05) is 5.92 Å². The number of carbonyl (C=O) groups excluding carboxylic acids is 1.